The Bertz CT molecular complexity index is 818. The Hall–Kier alpha value is -1.01. The van der Waals surface area contributed by atoms with E-state index in [0.717, 1.165) is 11.1 Å². The smallest absolute Gasteiger partial charge is 0.350 e. The minimum Gasteiger partial charge on any atom is -0.475 e. The summed E-state index contributed by atoms with van der Waals surface area (Å²) < 4.78 is 10.2. The molecule has 0 saturated carbocycles. The normalized spacial score (nSPS) is 12.2. The molecule has 0 saturated heterocycles. The summed E-state index contributed by atoms with van der Waals surface area (Å²) in [7, 11) is 0. The molecule has 0 aliphatic heterocycles. The Balaban J connectivity index is 2.27. The Morgan fingerprint density at radius 2 is 1.56 bits per heavy atom. The van der Waals surface area contributed by atoms with Crippen LogP contribution in [0.15, 0.2) is 42.5 Å². The molecular formula is C20H22Cl2O3S2. The van der Waals surface area contributed by atoms with E-state index >= 15 is 0 Å². The SMILES string of the molecule is CC(C)OC(=O)C(C)(C)Oc1ccc(C(S)(S)c2ccc(Cl)cc2)cc1Cl. The Labute approximate surface area is 181 Å². The van der Waals surface area contributed by atoms with Gasteiger partial charge in [0.1, 0.15) is 9.83 Å². The highest BCUT2D eigenvalue weighted by Crippen LogP contribution is 2.43. The van der Waals surface area contributed by atoms with Crippen molar-refractivity contribution < 1.29 is 14.3 Å². The zero-order valence-corrected chi connectivity index (χ0v) is 18.8. The summed E-state index contributed by atoms with van der Waals surface area (Å²) in [6, 6.07) is 12.5. The van der Waals surface area contributed by atoms with Gasteiger partial charge < -0.3 is 9.47 Å². The van der Waals surface area contributed by atoms with Gasteiger partial charge in [0.2, 0.25) is 0 Å². The van der Waals surface area contributed by atoms with Gasteiger partial charge in [0, 0.05) is 5.02 Å². The molecular weight excluding hydrogens is 423 g/mol. The van der Waals surface area contributed by atoms with Crippen LogP contribution in [0.25, 0.3) is 0 Å². The average molecular weight is 445 g/mol. The summed E-state index contributed by atoms with van der Waals surface area (Å²) in [6.45, 7) is 6.84. The van der Waals surface area contributed by atoms with Gasteiger partial charge in [-0.1, -0.05) is 41.4 Å². The number of hydrogen-bond acceptors (Lipinski definition) is 5. The molecule has 0 atom stereocenters. The van der Waals surface area contributed by atoms with Gasteiger partial charge in [0.25, 0.3) is 0 Å². The van der Waals surface area contributed by atoms with Crippen LogP contribution in [0.5, 0.6) is 5.75 Å². The van der Waals surface area contributed by atoms with Gasteiger partial charge in [-0.3, -0.25) is 0 Å². The third-order valence-corrected chi connectivity index (χ3v) is 5.36. The predicted octanol–water partition coefficient (Wildman–Crippen LogP) is 6.16. The lowest BCUT2D eigenvalue weighted by atomic mass is 10.0. The molecule has 0 fully saturated rings. The van der Waals surface area contributed by atoms with Crippen molar-refractivity contribution in [3.63, 3.8) is 0 Å². The Kier molecular flexibility index (Phi) is 7.06. The number of ether oxygens (including phenoxy) is 2. The van der Waals surface area contributed by atoms with Crippen molar-refractivity contribution in [2.45, 2.75) is 43.5 Å². The maximum atomic E-state index is 12.2. The summed E-state index contributed by atoms with van der Waals surface area (Å²) in [5.74, 6) is -0.0868. The third-order valence-electron chi connectivity index (χ3n) is 3.78. The largest absolute Gasteiger partial charge is 0.475 e. The predicted molar refractivity (Wildman–Crippen MR) is 118 cm³/mol. The van der Waals surface area contributed by atoms with Gasteiger partial charge in [0.05, 0.1) is 11.1 Å². The molecule has 27 heavy (non-hydrogen) atoms. The van der Waals surface area contributed by atoms with E-state index in [-0.39, 0.29) is 6.10 Å². The van der Waals surface area contributed by atoms with Crippen LogP contribution in [-0.2, 0) is 13.6 Å². The number of halogens is 2. The molecule has 0 amide bonds. The second-order valence-electron chi connectivity index (χ2n) is 6.89. The molecule has 0 bridgehead atoms. The molecule has 0 unspecified atom stereocenters. The van der Waals surface area contributed by atoms with E-state index in [0.29, 0.717) is 15.8 Å². The minimum absolute atomic E-state index is 0.230. The molecule has 2 rings (SSSR count). The zero-order chi connectivity index (χ0) is 20.4. The lowest BCUT2D eigenvalue weighted by molar-refractivity contribution is -0.163. The van der Waals surface area contributed by atoms with Crippen molar-refractivity contribution in [2.24, 2.45) is 0 Å². The molecule has 0 aliphatic carbocycles. The monoisotopic (exact) mass is 444 g/mol. The highest BCUT2D eigenvalue weighted by molar-refractivity contribution is 8.00. The van der Waals surface area contributed by atoms with Crippen molar-refractivity contribution in [3.8, 4) is 5.75 Å². The van der Waals surface area contributed by atoms with Crippen LogP contribution in [0.1, 0.15) is 38.8 Å². The van der Waals surface area contributed by atoms with Gasteiger partial charge in [0.15, 0.2) is 5.60 Å². The second-order valence-corrected chi connectivity index (χ2v) is 9.43. The van der Waals surface area contributed by atoms with Crippen LogP contribution in [0.2, 0.25) is 10.0 Å². The molecule has 3 nitrogen and oxygen atoms in total. The maximum absolute atomic E-state index is 12.2. The van der Waals surface area contributed by atoms with Crippen LogP contribution >= 0.6 is 48.5 Å². The Morgan fingerprint density at radius 1 is 1.00 bits per heavy atom. The van der Waals surface area contributed by atoms with E-state index in [2.05, 4.69) is 25.3 Å². The summed E-state index contributed by atoms with van der Waals surface area (Å²) >= 11 is 21.7. The molecule has 0 spiro atoms. The fourth-order valence-electron chi connectivity index (χ4n) is 2.32. The van der Waals surface area contributed by atoms with E-state index < -0.39 is 15.6 Å². The molecule has 0 aliphatic rings. The van der Waals surface area contributed by atoms with Crippen LogP contribution in [0.3, 0.4) is 0 Å². The number of rotatable bonds is 6. The molecule has 0 heterocycles. The van der Waals surface area contributed by atoms with Crippen LogP contribution in [0.4, 0.5) is 0 Å². The van der Waals surface area contributed by atoms with E-state index in [1.165, 1.54) is 0 Å². The topological polar surface area (TPSA) is 35.5 Å². The lowest BCUT2D eigenvalue weighted by Gasteiger charge is -2.27. The van der Waals surface area contributed by atoms with Gasteiger partial charge in [-0.2, -0.15) is 25.3 Å². The van der Waals surface area contributed by atoms with Crippen LogP contribution in [-0.4, -0.2) is 17.7 Å². The van der Waals surface area contributed by atoms with E-state index in [9.17, 15) is 4.79 Å². The minimum atomic E-state index is -1.18. The number of esters is 1. The number of carbonyl (C=O) groups excluding carboxylic acids is 1. The summed E-state index contributed by atoms with van der Waals surface area (Å²) in [4.78, 5) is 12.2. The summed E-state index contributed by atoms with van der Waals surface area (Å²) in [6.07, 6.45) is -0.230. The van der Waals surface area contributed by atoms with Crippen LogP contribution < -0.4 is 4.74 Å². The van der Waals surface area contributed by atoms with Gasteiger partial charge >= 0.3 is 5.97 Å². The molecule has 0 radical (unpaired) electrons. The second kappa shape index (κ2) is 8.56. The molecule has 2 aromatic rings. The number of hydrogen-bond donors (Lipinski definition) is 2. The van der Waals surface area contributed by atoms with Crippen molar-refractivity contribution in [3.05, 3.63) is 63.6 Å². The zero-order valence-electron chi connectivity index (χ0n) is 15.5. The number of benzene rings is 2. The summed E-state index contributed by atoms with van der Waals surface area (Å²) in [5, 5.41) is 0.980. The van der Waals surface area contributed by atoms with Gasteiger partial charge in [-0.05, 0) is 63.1 Å². The lowest BCUT2D eigenvalue weighted by Crippen LogP contribution is -2.41. The third kappa shape index (κ3) is 5.50. The first kappa shape index (κ1) is 22.3. The first-order chi connectivity index (χ1) is 12.4. The number of carbonyl (C=O) groups is 1. The standard InChI is InChI=1S/C20H22Cl2O3S2/c1-12(2)24-18(23)19(3,4)25-17-10-7-14(11-16(17)22)20(26,27)13-5-8-15(21)9-6-13/h5-12,26-27H,1-4H3. The molecule has 2 aromatic carbocycles. The average Bonchev–Trinajstić information content (AvgIpc) is 2.56. The first-order valence-corrected chi connectivity index (χ1v) is 9.99. The fraction of sp³-hybridized carbons (Fsp3) is 0.350. The maximum Gasteiger partial charge on any atom is 0.350 e. The number of thiol groups is 2. The molecule has 7 heteroatoms. The van der Waals surface area contributed by atoms with E-state index in [1.54, 1.807) is 58.0 Å². The van der Waals surface area contributed by atoms with Crippen LogP contribution in [0, 0.1) is 0 Å². The highest BCUT2D eigenvalue weighted by atomic mass is 35.5. The van der Waals surface area contributed by atoms with Crippen molar-refractivity contribution in [1.82, 2.24) is 0 Å². The first-order valence-electron chi connectivity index (χ1n) is 8.34. The van der Waals surface area contributed by atoms with E-state index in [1.807, 2.05) is 12.1 Å². The van der Waals surface area contributed by atoms with Gasteiger partial charge in [-0.15, -0.1) is 0 Å². The molecule has 0 aromatic heterocycles. The summed E-state index contributed by atoms with van der Waals surface area (Å²) in [5.41, 5.74) is 0.436. The van der Waals surface area contributed by atoms with E-state index in [4.69, 9.17) is 32.7 Å². The Morgan fingerprint density at radius 3 is 2.07 bits per heavy atom. The highest BCUT2D eigenvalue weighted by Gasteiger charge is 2.34. The van der Waals surface area contributed by atoms with Crippen molar-refractivity contribution in [2.75, 3.05) is 0 Å². The van der Waals surface area contributed by atoms with Gasteiger partial charge in [-0.25, -0.2) is 4.79 Å². The quantitative estimate of drug-likeness (QED) is 0.317. The van der Waals surface area contributed by atoms with Crippen molar-refractivity contribution in [1.29, 1.82) is 0 Å². The fourth-order valence-corrected chi connectivity index (χ4v) is 3.24. The van der Waals surface area contributed by atoms with Crippen molar-refractivity contribution >= 4 is 54.4 Å². The molecule has 0 N–H and O–H groups in total. The molecule has 146 valence electrons.